The lowest BCUT2D eigenvalue weighted by atomic mass is 10.1. The first-order chi connectivity index (χ1) is 20.7. The molecule has 0 saturated heterocycles. The van der Waals surface area contributed by atoms with Gasteiger partial charge in [-0.3, -0.25) is 14.4 Å². The van der Waals surface area contributed by atoms with Gasteiger partial charge in [-0.25, -0.2) is 0 Å². The van der Waals surface area contributed by atoms with E-state index in [4.69, 9.17) is 27.9 Å². The molecule has 0 bridgehead atoms. The molecule has 4 rings (SSSR count). The average molecular weight is 635 g/mol. The molecule has 4 aromatic rings. The van der Waals surface area contributed by atoms with Crippen molar-refractivity contribution in [3.05, 3.63) is 124 Å². The molecule has 0 spiro atoms. The number of hydrogen-bond donors (Lipinski definition) is 3. The minimum atomic E-state index is -0.509. The van der Waals surface area contributed by atoms with E-state index in [1.54, 1.807) is 97.9 Å². The zero-order chi connectivity index (χ0) is 30.8. The number of benzene rings is 4. The number of hydrogen-bond acceptors (Lipinski definition) is 5. The fourth-order valence-corrected chi connectivity index (χ4v) is 5.08. The molecular formula is C33H29Cl2N3O4S. The van der Waals surface area contributed by atoms with Crippen LogP contribution in [0.5, 0.6) is 5.75 Å². The van der Waals surface area contributed by atoms with Crippen LogP contribution in [0, 0.1) is 0 Å². The Hall–Kier alpha value is -4.24. The van der Waals surface area contributed by atoms with Crippen LogP contribution in [0.2, 0.25) is 10.0 Å². The van der Waals surface area contributed by atoms with Crippen molar-refractivity contribution in [2.24, 2.45) is 0 Å². The fraction of sp³-hybridized carbons (Fsp3) is 0.121. The van der Waals surface area contributed by atoms with Gasteiger partial charge in [0.1, 0.15) is 11.4 Å². The normalized spacial score (nSPS) is 11.8. The van der Waals surface area contributed by atoms with Gasteiger partial charge in [0.15, 0.2) is 0 Å². The van der Waals surface area contributed by atoms with Crippen molar-refractivity contribution in [1.29, 1.82) is 0 Å². The first-order valence-electron chi connectivity index (χ1n) is 13.4. The predicted octanol–water partition coefficient (Wildman–Crippen LogP) is 7.92. The summed E-state index contributed by atoms with van der Waals surface area (Å²) in [6.45, 7) is 4.21. The first kappa shape index (κ1) is 31.7. The summed E-state index contributed by atoms with van der Waals surface area (Å²) in [5, 5.41) is 8.71. The summed E-state index contributed by atoms with van der Waals surface area (Å²) < 4.78 is 5.50. The summed E-state index contributed by atoms with van der Waals surface area (Å²) in [6.07, 6.45) is 1.60. The molecule has 220 valence electrons. The molecule has 10 heteroatoms. The number of ether oxygens (including phenoxy) is 1. The number of rotatable bonds is 11. The van der Waals surface area contributed by atoms with Gasteiger partial charge in [0.25, 0.3) is 11.8 Å². The lowest BCUT2D eigenvalue weighted by molar-refractivity contribution is -0.115. The van der Waals surface area contributed by atoms with Crippen LogP contribution in [0.1, 0.15) is 29.8 Å². The summed E-state index contributed by atoms with van der Waals surface area (Å²) in [5.74, 6) is -0.444. The van der Waals surface area contributed by atoms with Crippen LogP contribution in [-0.4, -0.2) is 29.6 Å². The van der Waals surface area contributed by atoms with E-state index >= 15 is 0 Å². The summed E-state index contributed by atoms with van der Waals surface area (Å²) in [5.41, 5.74) is 2.22. The largest absolute Gasteiger partial charge is 0.494 e. The quantitative estimate of drug-likeness (QED) is 0.115. The van der Waals surface area contributed by atoms with Gasteiger partial charge in [-0.2, -0.15) is 0 Å². The van der Waals surface area contributed by atoms with Crippen LogP contribution in [-0.2, 0) is 9.59 Å². The summed E-state index contributed by atoms with van der Waals surface area (Å²) in [6, 6.07) is 27.8. The van der Waals surface area contributed by atoms with E-state index in [2.05, 4.69) is 16.0 Å². The van der Waals surface area contributed by atoms with E-state index in [0.29, 0.717) is 44.9 Å². The highest BCUT2D eigenvalue weighted by Crippen LogP contribution is 2.29. The number of amides is 3. The number of carbonyl (C=O) groups is 3. The number of nitrogens with one attached hydrogen (secondary N) is 3. The van der Waals surface area contributed by atoms with Crippen molar-refractivity contribution < 1.29 is 19.1 Å². The minimum absolute atomic E-state index is 0.0606. The van der Waals surface area contributed by atoms with Gasteiger partial charge in [-0.1, -0.05) is 59.6 Å². The first-order valence-corrected chi connectivity index (χ1v) is 15.0. The Kier molecular flexibility index (Phi) is 11.3. The molecule has 0 radical (unpaired) electrons. The number of anilines is 2. The van der Waals surface area contributed by atoms with Crippen LogP contribution < -0.4 is 20.7 Å². The highest BCUT2D eigenvalue weighted by molar-refractivity contribution is 8.00. The van der Waals surface area contributed by atoms with E-state index in [1.807, 2.05) is 19.1 Å². The molecule has 1 atom stereocenters. The van der Waals surface area contributed by atoms with E-state index < -0.39 is 17.1 Å². The Morgan fingerprint density at radius 1 is 0.837 bits per heavy atom. The van der Waals surface area contributed by atoms with Crippen LogP contribution >= 0.6 is 35.0 Å². The van der Waals surface area contributed by atoms with Gasteiger partial charge < -0.3 is 20.7 Å². The van der Waals surface area contributed by atoms with E-state index in [0.717, 1.165) is 4.90 Å². The lowest BCUT2D eigenvalue weighted by Gasteiger charge is -2.14. The fourth-order valence-electron chi connectivity index (χ4n) is 3.86. The van der Waals surface area contributed by atoms with Gasteiger partial charge in [-0.15, -0.1) is 11.8 Å². The smallest absolute Gasteiger partial charge is 0.272 e. The van der Waals surface area contributed by atoms with Crippen molar-refractivity contribution in [3.63, 3.8) is 0 Å². The van der Waals surface area contributed by atoms with Crippen LogP contribution in [0.4, 0.5) is 11.4 Å². The molecule has 4 aromatic carbocycles. The maximum Gasteiger partial charge on any atom is 0.272 e. The average Bonchev–Trinajstić information content (AvgIpc) is 3.00. The van der Waals surface area contributed by atoms with E-state index in [1.165, 1.54) is 11.8 Å². The van der Waals surface area contributed by atoms with Crippen molar-refractivity contribution in [3.8, 4) is 5.75 Å². The third-order valence-corrected chi connectivity index (χ3v) is 7.82. The second-order valence-electron chi connectivity index (χ2n) is 9.24. The van der Waals surface area contributed by atoms with Crippen LogP contribution in [0.15, 0.2) is 108 Å². The van der Waals surface area contributed by atoms with Gasteiger partial charge in [-0.05, 0) is 86.2 Å². The zero-order valence-electron chi connectivity index (χ0n) is 23.4. The van der Waals surface area contributed by atoms with E-state index in [-0.39, 0.29) is 11.6 Å². The molecule has 0 aliphatic heterocycles. The number of carbonyl (C=O) groups excluding carboxylic acids is 3. The molecule has 0 aliphatic rings. The van der Waals surface area contributed by atoms with Gasteiger partial charge in [0.05, 0.1) is 21.9 Å². The number of halogens is 2. The van der Waals surface area contributed by atoms with Crippen molar-refractivity contribution in [2.75, 3.05) is 17.2 Å². The maximum absolute atomic E-state index is 13.4. The molecule has 1 unspecified atom stereocenters. The zero-order valence-corrected chi connectivity index (χ0v) is 25.7. The standard InChI is InChI=1S/C33H29Cl2N3O4S/c1-3-42-26-15-12-22(13-16-26)18-30(38-32(40)23-8-5-4-6-9-23)33(41)37-24-10-7-11-27(19-24)43-21(2)31(39)36-25-14-17-28(34)29(35)20-25/h4-21H,3H2,1-2H3,(H,36,39)(H,37,41)(H,38,40)/b30-18+. The molecule has 3 N–H and O–H groups in total. The molecule has 43 heavy (non-hydrogen) atoms. The third-order valence-electron chi connectivity index (χ3n) is 5.99. The summed E-state index contributed by atoms with van der Waals surface area (Å²) in [4.78, 5) is 39.9. The van der Waals surface area contributed by atoms with Crippen molar-refractivity contribution in [1.82, 2.24) is 5.32 Å². The Morgan fingerprint density at radius 2 is 1.56 bits per heavy atom. The molecule has 0 aromatic heterocycles. The van der Waals surface area contributed by atoms with E-state index in [9.17, 15) is 14.4 Å². The number of thioether (sulfide) groups is 1. The molecule has 3 amide bonds. The molecule has 0 saturated carbocycles. The Balaban J connectivity index is 1.48. The SMILES string of the molecule is CCOc1ccc(/C=C(/NC(=O)c2ccccc2)C(=O)Nc2cccc(SC(C)C(=O)Nc3ccc(Cl)c(Cl)c3)c2)cc1. The van der Waals surface area contributed by atoms with Gasteiger partial charge >= 0.3 is 0 Å². The van der Waals surface area contributed by atoms with Crippen LogP contribution in [0.3, 0.4) is 0 Å². The van der Waals surface area contributed by atoms with Crippen molar-refractivity contribution >= 4 is 70.1 Å². The second-order valence-corrected chi connectivity index (χ2v) is 11.5. The Morgan fingerprint density at radius 3 is 2.26 bits per heavy atom. The summed E-state index contributed by atoms with van der Waals surface area (Å²) in [7, 11) is 0. The lowest BCUT2D eigenvalue weighted by Crippen LogP contribution is -2.30. The highest BCUT2D eigenvalue weighted by Gasteiger charge is 2.18. The summed E-state index contributed by atoms with van der Waals surface area (Å²) >= 11 is 13.3. The van der Waals surface area contributed by atoms with Gasteiger partial charge in [0.2, 0.25) is 5.91 Å². The maximum atomic E-state index is 13.4. The Labute approximate surface area is 264 Å². The minimum Gasteiger partial charge on any atom is -0.494 e. The van der Waals surface area contributed by atoms with Crippen molar-refractivity contribution in [2.45, 2.75) is 24.0 Å². The monoisotopic (exact) mass is 633 g/mol. The van der Waals surface area contributed by atoms with Gasteiger partial charge in [0, 0.05) is 21.8 Å². The highest BCUT2D eigenvalue weighted by atomic mass is 35.5. The Bertz CT molecular complexity index is 1630. The molecular weight excluding hydrogens is 605 g/mol. The third kappa shape index (κ3) is 9.38. The molecule has 0 fully saturated rings. The predicted molar refractivity (Wildman–Crippen MR) is 175 cm³/mol. The molecule has 0 heterocycles. The van der Waals surface area contributed by atoms with Crippen LogP contribution in [0.25, 0.3) is 6.08 Å². The topological polar surface area (TPSA) is 96.5 Å². The second kappa shape index (κ2) is 15.3. The molecule has 7 nitrogen and oxygen atoms in total. The molecule has 0 aliphatic carbocycles.